The van der Waals surface area contributed by atoms with Gasteiger partial charge in [0.15, 0.2) is 5.82 Å². The largest absolute Gasteiger partial charge is 0.507 e. The summed E-state index contributed by atoms with van der Waals surface area (Å²) in [7, 11) is 1.50. The Morgan fingerprint density at radius 2 is 2.04 bits per heavy atom. The number of phenols is 1. The molecule has 0 aliphatic rings. The van der Waals surface area contributed by atoms with Crippen molar-refractivity contribution in [1.82, 2.24) is 10.1 Å². The normalized spacial score (nSPS) is 10.7. The Labute approximate surface area is 140 Å². The minimum Gasteiger partial charge on any atom is -0.507 e. The number of benzene rings is 1. The standard InChI is InChI=1S/C17H21N3O4/c1-10(2)12-5-6-14(21)13(8-12)17(23)20(4)9-16(22)18-15-7-11(3)24-19-15/h5-8,10,21H,9H2,1-4H3,(H,18,19,22). The van der Waals surface area contributed by atoms with E-state index in [4.69, 9.17) is 4.52 Å². The molecule has 128 valence electrons. The topological polar surface area (TPSA) is 95.7 Å². The monoisotopic (exact) mass is 331 g/mol. The molecule has 0 radical (unpaired) electrons. The summed E-state index contributed by atoms with van der Waals surface area (Å²) in [5, 5.41) is 16.1. The molecule has 2 N–H and O–H groups in total. The first-order valence-electron chi connectivity index (χ1n) is 7.59. The second kappa shape index (κ2) is 7.16. The van der Waals surface area contributed by atoms with E-state index in [9.17, 15) is 14.7 Å². The van der Waals surface area contributed by atoms with Crippen LogP contribution in [0, 0.1) is 6.92 Å². The van der Waals surface area contributed by atoms with Gasteiger partial charge in [-0.3, -0.25) is 9.59 Å². The molecule has 0 saturated heterocycles. The summed E-state index contributed by atoms with van der Waals surface area (Å²) in [6, 6.07) is 6.50. The van der Waals surface area contributed by atoms with E-state index < -0.39 is 11.8 Å². The van der Waals surface area contributed by atoms with Crippen LogP contribution in [0.5, 0.6) is 5.75 Å². The highest BCUT2D eigenvalue weighted by molar-refractivity contribution is 6.00. The molecule has 0 unspecified atom stereocenters. The van der Waals surface area contributed by atoms with Crippen LogP contribution in [0.4, 0.5) is 5.82 Å². The van der Waals surface area contributed by atoms with Crippen LogP contribution in [0.2, 0.25) is 0 Å². The molecule has 0 fully saturated rings. The smallest absolute Gasteiger partial charge is 0.257 e. The summed E-state index contributed by atoms with van der Waals surface area (Å²) in [6.07, 6.45) is 0. The van der Waals surface area contributed by atoms with Gasteiger partial charge in [0, 0.05) is 13.1 Å². The number of phenolic OH excluding ortho intramolecular Hbond substituents is 1. The molecule has 24 heavy (non-hydrogen) atoms. The van der Waals surface area contributed by atoms with Gasteiger partial charge in [-0.25, -0.2) is 0 Å². The lowest BCUT2D eigenvalue weighted by molar-refractivity contribution is -0.116. The lowest BCUT2D eigenvalue weighted by atomic mass is 10.00. The second-order valence-electron chi connectivity index (χ2n) is 5.96. The number of aromatic hydroxyl groups is 1. The van der Waals surface area contributed by atoms with Crippen molar-refractivity contribution in [1.29, 1.82) is 0 Å². The molecular weight excluding hydrogens is 310 g/mol. The number of nitrogens with zero attached hydrogens (tertiary/aromatic N) is 2. The maximum Gasteiger partial charge on any atom is 0.257 e. The molecule has 0 aliphatic carbocycles. The fourth-order valence-electron chi connectivity index (χ4n) is 2.18. The van der Waals surface area contributed by atoms with Crippen LogP contribution < -0.4 is 5.32 Å². The highest BCUT2D eigenvalue weighted by Gasteiger charge is 2.19. The van der Waals surface area contributed by atoms with Gasteiger partial charge < -0.3 is 19.8 Å². The summed E-state index contributed by atoms with van der Waals surface area (Å²) >= 11 is 0. The van der Waals surface area contributed by atoms with E-state index in [0.29, 0.717) is 11.6 Å². The average Bonchev–Trinajstić information content (AvgIpc) is 2.91. The fraction of sp³-hybridized carbons (Fsp3) is 0.353. The number of hydrogen-bond acceptors (Lipinski definition) is 5. The van der Waals surface area contributed by atoms with Crippen molar-refractivity contribution in [2.45, 2.75) is 26.7 Å². The van der Waals surface area contributed by atoms with Gasteiger partial charge in [-0.15, -0.1) is 0 Å². The number of carbonyl (C=O) groups excluding carboxylic acids is 2. The molecule has 0 spiro atoms. The third-order valence-electron chi connectivity index (χ3n) is 3.54. The molecule has 0 atom stereocenters. The molecule has 2 rings (SSSR count). The van der Waals surface area contributed by atoms with Crippen molar-refractivity contribution in [3.05, 3.63) is 41.2 Å². The molecule has 0 bridgehead atoms. The van der Waals surface area contributed by atoms with E-state index in [1.807, 2.05) is 13.8 Å². The van der Waals surface area contributed by atoms with Gasteiger partial charge in [-0.1, -0.05) is 25.1 Å². The van der Waals surface area contributed by atoms with E-state index in [1.54, 1.807) is 25.1 Å². The van der Waals surface area contributed by atoms with Crippen LogP contribution in [0.3, 0.4) is 0 Å². The van der Waals surface area contributed by atoms with Crippen LogP contribution in [0.25, 0.3) is 0 Å². The molecule has 0 aliphatic heterocycles. The number of nitrogens with one attached hydrogen (secondary N) is 1. The van der Waals surface area contributed by atoms with Crippen LogP contribution in [-0.4, -0.2) is 40.6 Å². The number of anilines is 1. The number of aromatic nitrogens is 1. The van der Waals surface area contributed by atoms with Crippen LogP contribution in [-0.2, 0) is 4.79 Å². The third kappa shape index (κ3) is 4.13. The van der Waals surface area contributed by atoms with Crippen LogP contribution in [0.1, 0.15) is 41.4 Å². The zero-order valence-corrected chi connectivity index (χ0v) is 14.2. The zero-order chi connectivity index (χ0) is 17.9. The Hall–Kier alpha value is -2.83. The summed E-state index contributed by atoms with van der Waals surface area (Å²) < 4.78 is 4.86. The first-order valence-corrected chi connectivity index (χ1v) is 7.59. The lowest BCUT2D eigenvalue weighted by Crippen LogP contribution is -2.35. The maximum atomic E-state index is 12.5. The van der Waals surface area contributed by atoms with E-state index in [0.717, 1.165) is 5.56 Å². The maximum absolute atomic E-state index is 12.5. The minimum atomic E-state index is -0.429. The number of aryl methyl sites for hydroxylation is 1. The van der Waals surface area contributed by atoms with Gasteiger partial charge in [0.05, 0.1) is 12.1 Å². The SMILES string of the molecule is Cc1cc(NC(=O)CN(C)C(=O)c2cc(C(C)C)ccc2O)no1. The van der Waals surface area contributed by atoms with E-state index >= 15 is 0 Å². The molecule has 2 amide bonds. The van der Waals surface area contributed by atoms with Crippen molar-refractivity contribution in [2.24, 2.45) is 0 Å². The highest BCUT2D eigenvalue weighted by Crippen LogP contribution is 2.24. The average molecular weight is 331 g/mol. The molecule has 1 aromatic carbocycles. The van der Waals surface area contributed by atoms with Gasteiger partial charge in [0.1, 0.15) is 11.5 Å². The quantitative estimate of drug-likeness (QED) is 0.877. The molecule has 1 heterocycles. The van der Waals surface area contributed by atoms with Gasteiger partial charge in [0.25, 0.3) is 5.91 Å². The summed E-state index contributed by atoms with van der Waals surface area (Å²) in [4.78, 5) is 25.7. The Morgan fingerprint density at radius 3 is 2.62 bits per heavy atom. The summed E-state index contributed by atoms with van der Waals surface area (Å²) in [6.45, 7) is 5.54. The van der Waals surface area contributed by atoms with Gasteiger partial charge in [-0.05, 0) is 30.5 Å². The van der Waals surface area contributed by atoms with Crippen molar-refractivity contribution < 1.29 is 19.2 Å². The van der Waals surface area contributed by atoms with Crippen molar-refractivity contribution in [3.8, 4) is 5.75 Å². The molecule has 7 heteroatoms. The van der Waals surface area contributed by atoms with E-state index in [-0.39, 0.29) is 23.8 Å². The van der Waals surface area contributed by atoms with Crippen LogP contribution >= 0.6 is 0 Å². The number of likely N-dealkylation sites (N-methyl/N-ethyl adjacent to an activating group) is 1. The zero-order valence-electron chi connectivity index (χ0n) is 14.2. The highest BCUT2D eigenvalue weighted by atomic mass is 16.5. The first-order chi connectivity index (χ1) is 11.3. The molecular formula is C17H21N3O4. The van der Waals surface area contributed by atoms with E-state index in [1.165, 1.54) is 18.0 Å². The Kier molecular flexibility index (Phi) is 5.23. The van der Waals surface area contributed by atoms with Crippen LogP contribution in [0.15, 0.2) is 28.8 Å². The first kappa shape index (κ1) is 17.5. The Balaban J connectivity index is 2.06. The summed E-state index contributed by atoms with van der Waals surface area (Å²) in [5.74, 6) is 0.151. The number of amides is 2. The lowest BCUT2D eigenvalue weighted by Gasteiger charge is -2.18. The van der Waals surface area contributed by atoms with Crippen molar-refractivity contribution in [3.63, 3.8) is 0 Å². The molecule has 7 nitrogen and oxygen atoms in total. The summed E-state index contributed by atoms with van der Waals surface area (Å²) in [5.41, 5.74) is 1.11. The molecule has 1 aromatic heterocycles. The number of hydrogen-bond donors (Lipinski definition) is 2. The predicted octanol–water partition coefficient (Wildman–Crippen LogP) is 2.52. The van der Waals surface area contributed by atoms with Crippen molar-refractivity contribution >= 4 is 17.6 Å². The van der Waals surface area contributed by atoms with E-state index in [2.05, 4.69) is 10.5 Å². The second-order valence-corrected chi connectivity index (χ2v) is 5.96. The fourth-order valence-corrected chi connectivity index (χ4v) is 2.18. The molecule has 0 saturated carbocycles. The number of rotatable bonds is 5. The predicted molar refractivity (Wildman–Crippen MR) is 89.0 cm³/mol. The third-order valence-corrected chi connectivity index (χ3v) is 3.54. The van der Waals surface area contributed by atoms with Crippen molar-refractivity contribution in [2.75, 3.05) is 18.9 Å². The van der Waals surface area contributed by atoms with Gasteiger partial charge in [-0.2, -0.15) is 0 Å². The molecule has 2 aromatic rings. The van der Waals surface area contributed by atoms with Gasteiger partial charge >= 0.3 is 0 Å². The Morgan fingerprint density at radius 1 is 1.33 bits per heavy atom. The number of carbonyl (C=O) groups is 2. The Bertz CT molecular complexity index is 752. The minimum absolute atomic E-state index is 0.108. The van der Waals surface area contributed by atoms with Gasteiger partial charge in [0.2, 0.25) is 5.91 Å².